The van der Waals surface area contributed by atoms with Crippen LogP contribution in [0.4, 0.5) is 11.4 Å². The van der Waals surface area contributed by atoms with Gasteiger partial charge in [-0.2, -0.15) is 0 Å². The largest absolute Gasteiger partial charge is 0.398 e. The molecule has 2 aromatic rings. The van der Waals surface area contributed by atoms with E-state index in [1.807, 2.05) is 25.1 Å². The van der Waals surface area contributed by atoms with E-state index in [4.69, 9.17) is 5.73 Å². The van der Waals surface area contributed by atoms with E-state index in [1.165, 1.54) is 18.4 Å². The lowest BCUT2D eigenvalue weighted by molar-refractivity contribution is 0.0498. The predicted molar refractivity (Wildman–Crippen MR) is 115 cm³/mol. The Morgan fingerprint density at radius 2 is 1.75 bits per heavy atom. The Bertz CT molecular complexity index is 845. The van der Waals surface area contributed by atoms with E-state index in [0.717, 1.165) is 55.2 Å². The average molecular weight is 379 g/mol. The summed E-state index contributed by atoms with van der Waals surface area (Å²) in [6, 6.07) is 14.4. The normalized spacial score (nSPS) is 20.6. The molecule has 2 aliphatic heterocycles. The molecule has 0 aliphatic carbocycles. The van der Waals surface area contributed by atoms with Crippen LogP contribution < -0.4 is 10.6 Å². The van der Waals surface area contributed by atoms with Crippen molar-refractivity contribution in [1.82, 2.24) is 9.80 Å². The molecule has 5 nitrogen and oxygen atoms in total. The molecule has 2 N–H and O–H groups in total. The number of likely N-dealkylation sites (N-methyl/N-ethyl adjacent to an activating group) is 1. The van der Waals surface area contributed by atoms with Gasteiger partial charge < -0.3 is 20.4 Å². The summed E-state index contributed by atoms with van der Waals surface area (Å²) in [6.07, 6.45) is 2.34. The second-order valence-corrected chi connectivity index (χ2v) is 8.11. The number of piperazine rings is 1. The standard InChI is InChI=1S/C23H30N4O/c1-17-14-19(21(15-20(17)24)26-10-6-7-11-26)23(28)27-13-12-25(2)16-22(27)18-8-4-3-5-9-18/h3-5,8-9,14-15,22H,6-7,10-13,16,24H2,1-2H3. The monoisotopic (exact) mass is 378 g/mol. The zero-order valence-electron chi connectivity index (χ0n) is 16.9. The summed E-state index contributed by atoms with van der Waals surface area (Å²) in [5.41, 5.74) is 10.9. The topological polar surface area (TPSA) is 52.8 Å². The van der Waals surface area contributed by atoms with Gasteiger partial charge in [0.1, 0.15) is 0 Å². The van der Waals surface area contributed by atoms with Gasteiger partial charge in [-0.3, -0.25) is 4.79 Å². The van der Waals surface area contributed by atoms with E-state index in [1.54, 1.807) is 0 Å². The highest BCUT2D eigenvalue weighted by molar-refractivity contribution is 6.01. The number of nitrogens with zero attached hydrogens (tertiary/aromatic N) is 3. The number of rotatable bonds is 3. The molecule has 0 bridgehead atoms. The first kappa shape index (κ1) is 18.8. The van der Waals surface area contributed by atoms with Crippen molar-refractivity contribution in [2.24, 2.45) is 0 Å². The molecule has 1 amide bonds. The van der Waals surface area contributed by atoms with E-state index in [0.29, 0.717) is 0 Å². The summed E-state index contributed by atoms with van der Waals surface area (Å²) in [6.45, 7) is 6.45. The Balaban J connectivity index is 1.72. The Morgan fingerprint density at radius 1 is 1.04 bits per heavy atom. The van der Waals surface area contributed by atoms with Gasteiger partial charge in [0, 0.05) is 38.4 Å². The first-order valence-corrected chi connectivity index (χ1v) is 10.2. The van der Waals surface area contributed by atoms with Gasteiger partial charge in [0.25, 0.3) is 5.91 Å². The van der Waals surface area contributed by atoms with E-state index in [2.05, 4.69) is 46.0 Å². The van der Waals surface area contributed by atoms with Gasteiger partial charge in [-0.1, -0.05) is 30.3 Å². The lowest BCUT2D eigenvalue weighted by Gasteiger charge is -2.41. The molecule has 2 heterocycles. The maximum absolute atomic E-state index is 13.8. The molecule has 0 saturated carbocycles. The average Bonchev–Trinajstić information content (AvgIpc) is 3.24. The number of amides is 1. The summed E-state index contributed by atoms with van der Waals surface area (Å²) in [5, 5.41) is 0. The van der Waals surface area contributed by atoms with E-state index < -0.39 is 0 Å². The first-order valence-electron chi connectivity index (χ1n) is 10.2. The van der Waals surface area contributed by atoms with Crippen LogP contribution in [0.15, 0.2) is 42.5 Å². The lowest BCUT2D eigenvalue weighted by atomic mass is 9.99. The third kappa shape index (κ3) is 3.59. The van der Waals surface area contributed by atoms with Crippen molar-refractivity contribution in [3.05, 3.63) is 59.2 Å². The summed E-state index contributed by atoms with van der Waals surface area (Å²) in [7, 11) is 2.13. The number of aryl methyl sites for hydroxylation is 1. The van der Waals surface area contributed by atoms with Crippen LogP contribution in [0.2, 0.25) is 0 Å². The van der Waals surface area contributed by atoms with Crippen molar-refractivity contribution in [2.45, 2.75) is 25.8 Å². The van der Waals surface area contributed by atoms with Gasteiger partial charge in [-0.15, -0.1) is 0 Å². The molecule has 0 radical (unpaired) electrons. The van der Waals surface area contributed by atoms with Crippen LogP contribution in [-0.2, 0) is 0 Å². The van der Waals surface area contributed by atoms with Gasteiger partial charge in [-0.25, -0.2) is 0 Å². The smallest absolute Gasteiger partial charge is 0.256 e. The molecule has 0 spiro atoms. The third-order valence-electron chi connectivity index (χ3n) is 6.09. The number of hydrogen-bond donors (Lipinski definition) is 1. The van der Waals surface area contributed by atoms with Crippen molar-refractivity contribution in [1.29, 1.82) is 0 Å². The van der Waals surface area contributed by atoms with E-state index in [9.17, 15) is 4.79 Å². The van der Waals surface area contributed by atoms with Crippen LogP contribution in [0.25, 0.3) is 0 Å². The molecule has 2 fully saturated rings. The fourth-order valence-corrected chi connectivity index (χ4v) is 4.38. The predicted octanol–water partition coefficient (Wildman–Crippen LogP) is 3.31. The molecular weight excluding hydrogens is 348 g/mol. The minimum Gasteiger partial charge on any atom is -0.398 e. The van der Waals surface area contributed by atoms with E-state index >= 15 is 0 Å². The Labute approximate surface area is 167 Å². The second-order valence-electron chi connectivity index (χ2n) is 8.11. The highest BCUT2D eigenvalue weighted by Gasteiger charge is 2.33. The molecule has 1 atom stereocenters. The van der Waals surface area contributed by atoms with Crippen LogP contribution in [0.5, 0.6) is 0 Å². The van der Waals surface area contributed by atoms with Crippen LogP contribution in [0, 0.1) is 6.92 Å². The molecule has 5 heteroatoms. The van der Waals surface area contributed by atoms with Crippen molar-refractivity contribution >= 4 is 17.3 Å². The Morgan fingerprint density at radius 3 is 2.46 bits per heavy atom. The van der Waals surface area contributed by atoms with Crippen molar-refractivity contribution < 1.29 is 4.79 Å². The van der Waals surface area contributed by atoms with Crippen molar-refractivity contribution in [2.75, 3.05) is 50.4 Å². The number of benzene rings is 2. The SMILES string of the molecule is Cc1cc(C(=O)N2CCN(C)CC2c2ccccc2)c(N2CCCC2)cc1N. The fourth-order valence-electron chi connectivity index (χ4n) is 4.38. The van der Waals surface area contributed by atoms with Gasteiger partial charge in [-0.05, 0) is 50.1 Å². The summed E-state index contributed by atoms with van der Waals surface area (Å²) in [5.74, 6) is 0.118. The molecule has 0 aromatic heterocycles. The van der Waals surface area contributed by atoms with Crippen LogP contribution in [-0.4, -0.2) is 55.5 Å². The van der Waals surface area contributed by atoms with Crippen LogP contribution in [0.3, 0.4) is 0 Å². The number of nitrogens with two attached hydrogens (primary N) is 1. The summed E-state index contributed by atoms with van der Waals surface area (Å²) in [4.78, 5) is 20.4. The number of nitrogen functional groups attached to an aromatic ring is 1. The molecule has 1 unspecified atom stereocenters. The first-order chi connectivity index (χ1) is 13.5. The highest BCUT2D eigenvalue weighted by atomic mass is 16.2. The molecule has 28 heavy (non-hydrogen) atoms. The summed E-state index contributed by atoms with van der Waals surface area (Å²) >= 11 is 0. The summed E-state index contributed by atoms with van der Waals surface area (Å²) < 4.78 is 0. The molecular formula is C23H30N4O. The minimum absolute atomic E-state index is 0.0664. The number of hydrogen-bond acceptors (Lipinski definition) is 4. The number of anilines is 2. The van der Waals surface area contributed by atoms with Crippen molar-refractivity contribution in [3.8, 4) is 0 Å². The second kappa shape index (κ2) is 7.84. The number of carbonyl (C=O) groups excluding carboxylic acids is 1. The maximum atomic E-state index is 13.8. The van der Waals surface area contributed by atoms with Crippen LogP contribution in [0.1, 0.15) is 40.4 Å². The Hall–Kier alpha value is -2.53. The molecule has 2 aromatic carbocycles. The zero-order chi connectivity index (χ0) is 19.7. The van der Waals surface area contributed by atoms with Gasteiger partial charge >= 0.3 is 0 Å². The van der Waals surface area contributed by atoms with Gasteiger partial charge in [0.05, 0.1) is 17.3 Å². The maximum Gasteiger partial charge on any atom is 0.256 e. The van der Waals surface area contributed by atoms with Gasteiger partial charge in [0.15, 0.2) is 0 Å². The number of carbonyl (C=O) groups is 1. The molecule has 2 saturated heterocycles. The fraction of sp³-hybridized carbons (Fsp3) is 0.435. The van der Waals surface area contributed by atoms with Crippen molar-refractivity contribution in [3.63, 3.8) is 0 Å². The van der Waals surface area contributed by atoms with Gasteiger partial charge in [0.2, 0.25) is 0 Å². The molecule has 4 rings (SSSR count). The minimum atomic E-state index is 0.0664. The third-order valence-corrected chi connectivity index (χ3v) is 6.09. The van der Waals surface area contributed by atoms with Crippen LogP contribution >= 0.6 is 0 Å². The Kier molecular flexibility index (Phi) is 5.27. The van der Waals surface area contributed by atoms with E-state index in [-0.39, 0.29) is 11.9 Å². The molecule has 2 aliphatic rings. The highest BCUT2D eigenvalue weighted by Crippen LogP contribution is 2.33. The zero-order valence-corrected chi connectivity index (χ0v) is 16.9. The molecule has 148 valence electrons. The quantitative estimate of drug-likeness (QED) is 0.833. The lowest BCUT2D eigenvalue weighted by Crippen LogP contribution is -2.49.